The maximum atomic E-state index is 12.6. The van der Waals surface area contributed by atoms with Gasteiger partial charge in [0.1, 0.15) is 11.5 Å². The molecule has 0 unspecified atom stereocenters. The minimum absolute atomic E-state index is 0.0648. The Bertz CT molecular complexity index is 987. The summed E-state index contributed by atoms with van der Waals surface area (Å²) in [5.74, 6) is 2.19. The van der Waals surface area contributed by atoms with Crippen LogP contribution in [0.15, 0.2) is 48.7 Å². The van der Waals surface area contributed by atoms with Crippen molar-refractivity contribution < 1.29 is 14.3 Å². The number of ether oxygens (including phenoxy) is 2. The van der Waals surface area contributed by atoms with E-state index in [1.807, 2.05) is 35.2 Å². The molecule has 2 aromatic carbocycles. The zero-order valence-corrected chi connectivity index (χ0v) is 17.1. The van der Waals surface area contributed by atoms with Crippen LogP contribution in [0.1, 0.15) is 36.8 Å². The van der Waals surface area contributed by atoms with Crippen LogP contribution in [0, 0.1) is 0 Å². The number of amides is 1. The van der Waals surface area contributed by atoms with Gasteiger partial charge < -0.3 is 19.4 Å². The lowest BCUT2D eigenvalue weighted by atomic mass is 9.89. The van der Waals surface area contributed by atoms with Crippen LogP contribution in [0.4, 0.5) is 0 Å². The fraction of sp³-hybridized carbons (Fsp3) is 0.375. The van der Waals surface area contributed by atoms with Gasteiger partial charge in [-0.3, -0.25) is 4.79 Å². The van der Waals surface area contributed by atoms with Gasteiger partial charge in [-0.15, -0.1) is 0 Å². The first kappa shape index (κ1) is 19.4. The first-order chi connectivity index (χ1) is 14.2. The van der Waals surface area contributed by atoms with E-state index < -0.39 is 0 Å². The molecule has 1 aliphatic heterocycles. The van der Waals surface area contributed by atoms with Crippen molar-refractivity contribution in [3.05, 3.63) is 59.8 Å². The van der Waals surface area contributed by atoms with Gasteiger partial charge in [-0.05, 0) is 60.6 Å². The quantitative estimate of drug-likeness (QED) is 0.671. The fourth-order valence-electron chi connectivity index (χ4n) is 4.19. The van der Waals surface area contributed by atoms with Gasteiger partial charge in [-0.2, -0.15) is 0 Å². The number of aromatic amines is 1. The number of rotatable bonds is 6. The van der Waals surface area contributed by atoms with Crippen molar-refractivity contribution in [3.63, 3.8) is 0 Å². The number of methoxy groups -OCH3 is 1. The Morgan fingerprint density at radius 2 is 1.97 bits per heavy atom. The lowest BCUT2D eigenvalue weighted by Gasteiger charge is -2.32. The van der Waals surface area contributed by atoms with Gasteiger partial charge in [0.25, 0.3) is 5.91 Å². The van der Waals surface area contributed by atoms with Crippen LogP contribution < -0.4 is 9.47 Å². The Labute approximate surface area is 171 Å². The summed E-state index contributed by atoms with van der Waals surface area (Å²) in [4.78, 5) is 17.9. The number of hydrogen-bond donors (Lipinski definition) is 1. The first-order valence-electron chi connectivity index (χ1n) is 10.3. The average Bonchev–Trinajstić information content (AvgIpc) is 3.20. The Hall–Kier alpha value is -2.95. The molecule has 0 spiro atoms. The summed E-state index contributed by atoms with van der Waals surface area (Å²) < 4.78 is 11.2. The van der Waals surface area contributed by atoms with E-state index in [0.717, 1.165) is 54.9 Å². The maximum absolute atomic E-state index is 12.6. The molecule has 152 valence electrons. The number of carbonyl (C=O) groups is 1. The summed E-state index contributed by atoms with van der Waals surface area (Å²) in [6.45, 7) is 3.72. The second kappa shape index (κ2) is 8.60. The van der Waals surface area contributed by atoms with Gasteiger partial charge in [-0.25, -0.2) is 0 Å². The highest BCUT2D eigenvalue weighted by Gasteiger charge is 2.26. The van der Waals surface area contributed by atoms with E-state index >= 15 is 0 Å². The van der Waals surface area contributed by atoms with E-state index in [4.69, 9.17) is 9.47 Å². The van der Waals surface area contributed by atoms with Gasteiger partial charge in [0.05, 0.1) is 7.11 Å². The molecule has 1 amide bonds. The molecule has 0 radical (unpaired) electrons. The van der Waals surface area contributed by atoms with Crippen molar-refractivity contribution in [2.75, 3.05) is 26.8 Å². The number of nitrogens with zero attached hydrogens (tertiary/aromatic N) is 1. The molecule has 0 bridgehead atoms. The number of piperidine rings is 1. The lowest BCUT2D eigenvalue weighted by molar-refractivity contribution is -0.134. The minimum atomic E-state index is 0.0648. The van der Waals surface area contributed by atoms with Crippen LogP contribution in [-0.4, -0.2) is 42.6 Å². The van der Waals surface area contributed by atoms with Gasteiger partial charge in [0, 0.05) is 30.2 Å². The summed E-state index contributed by atoms with van der Waals surface area (Å²) >= 11 is 0. The van der Waals surface area contributed by atoms with Gasteiger partial charge in [-0.1, -0.05) is 25.1 Å². The first-order valence-corrected chi connectivity index (χ1v) is 10.3. The van der Waals surface area contributed by atoms with Crippen molar-refractivity contribution in [2.45, 2.75) is 32.1 Å². The Kier molecular flexibility index (Phi) is 5.74. The molecular formula is C24H28N2O3. The lowest BCUT2D eigenvalue weighted by Crippen LogP contribution is -2.40. The van der Waals surface area contributed by atoms with Crippen molar-refractivity contribution in [2.24, 2.45) is 0 Å². The maximum Gasteiger partial charge on any atom is 0.260 e. The minimum Gasteiger partial charge on any atom is -0.497 e. The SMILES string of the molecule is CCc1ccccc1OCC(=O)N1CCC(c2c[nH]c3ccc(OC)cc23)CC1. The molecule has 4 rings (SSSR count). The predicted octanol–water partition coefficient (Wildman–Crippen LogP) is 4.52. The van der Waals surface area contributed by atoms with Crippen LogP contribution in [0.3, 0.4) is 0 Å². The molecule has 1 aromatic heterocycles. The van der Waals surface area contributed by atoms with Crippen LogP contribution in [-0.2, 0) is 11.2 Å². The van der Waals surface area contributed by atoms with E-state index in [2.05, 4.69) is 30.2 Å². The monoisotopic (exact) mass is 392 g/mol. The Morgan fingerprint density at radius 1 is 1.17 bits per heavy atom. The number of hydrogen-bond acceptors (Lipinski definition) is 3. The summed E-state index contributed by atoms with van der Waals surface area (Å²) in [6.07, 6.45) is 4.92. The molecule has 29 heavy (non-hydrogen) atoms. The van der Waals surface area contributed by atoms with E-state index in [0.29, 0.717) is 5.92 Å². The third-order valence-corrected chi connectivity index (χ3v) is 5.91. The van der Waals surface area contributed by atoms with Gasteiger partial charge in [0.2, 0.25) is 0 Å². The van der Waals surface area contributed by atoms with Crippen LogP contribution >= 0.6 is 0 Å². The standard InChI is InChI=1S/C24H28N2O3/c1-3-17-6-4-5-7-23(17)29-16-24(27)26-12-10-18(11-13-26)21-15-25-22-9-8-19(28-2)14-20(21)22/h4-9,14-15,18,25H,3,10-13,16H2,1-2H3. The second-order valence-electron chi connectivity index (χ2n) is 7.56. The molecule has 1 N–H and O–H groups in total. The zero-order chi connectivity index (χ0) is 20.2. The molecule has 2 heterocycles. The Balaban J connectivity index is 1.36. The molecule has 5 nitrogen and oxygen atoms in total. The summed E-state index contributed by atoms with van der Waals surface area (Å²) in [5.41, 5.74) is 3.58. The number of nitrogens with one attached hydrogen (secondary N) is 1. The summed E-state index contributed by atoms with van der Waals surface area (Å²) in [6, 6.07) is 14.0. The highest BCUT2D eigenvalue weighted by Crippen LogP contribution is 2.34. The van der Waals surface area contributed by atoms with Crippen molar-refractivity contribution >= 4 is 16.8 Å². The number of H-pyrrole nitrogens is 1. The summed E-state index contributed by atoms with van der Waals surface area (Å²) in [5, 5.41) is 1.22. The van der Waals surface area contributed by atoms with Gasteiger partial charge >= 0.3 is 0 Å². The number of aromatic nitrogens is 1. The van der Waals surface area contributed by atoms with E-state index in [1.54, 1.807) is 7.11 Å². The van der Waals surface area contributed by atoms with E-state index in [-0.39, 0.29) is 12.5 Å². The van der Waals surface area contributed by atoms with Crippen LogP contribution in [0.25, 0.3) is 10.9 Å². The van der Waals surface area contributed by atoms with Crippen molar-refractivity contribution in [1.82, 2.24) is 9.88 Å². The fourth-order valence-corrected chi connectivity index (χ4v) is 4.19. The molecule has 5 heteroatoms. The molecule has 1 aliphatic rings. The summed E-state index contributed by atoms with van der Waals surface area (Å²) in [7, 11) is 1.69. The largest absolute Gasteiger partial charge is 0.497 e. The molecule has 1 fully saturated rings. The number of likely N-dealkylation sites (tertiary alicyclic amines) is 1. The van der Waals surface area contributed by atoms with Crippen molar-refractivity contribution in [3.8, 4) is 11.5 Å². The number of benzene rings is 2. The molecule has 1 saturated heterocycles. The number of aryl methyl sites for hydroxylation is 1. The zero-order valence-electron chi connectivity index (χ0n) is 17.1. The highest BCUT2D eigenvalue weighted by atomic mass is 16.5. The van der Waals surface area contributed by atoms with E-state index in [1.165, 1.54) is 10.9 Å². The van der Waals surface area contributed by atoms with Crippen LogP contribution in [0.2, 0.25) is 0 Å². The molecular weight excluding hydrogens is 364 g/mol. The molecule has 0 atom stereocenters. The van der Waals surface area contributed by atoms with Crippen LogP contribution in [0.5, 0.6) is 11.5 Å². The predicted molar refractivity (Wildman–Crippen MR) is 115 cm³/mol. The molecule has 0 aliphatic carbocycles. The third-order valence-electron chi connectivity index (χ3n) is 5.91. The normalized spacial score (nSPS) is 14.9. The highest BCUT2D eigenvalue weighted by molar-refractivity contribution is 5.85. The second-order valence-corrected chi connectivity index (χ2v) is 7.56. The average molecular weight is 392 g/mol. The molecule has 0 saturated carbocycles. The number of fused-ring (bicyclic) bond motifs is 1. The topological polar surface area (TPSA) is 54.6 Å². The number of carbonyl (C=O) groups excluding carboxylic acids is 1. The Morgan fingerprint density at radius 3 is 2.72 bits per heavy atom. The van der Waals surface area contributed by atoms with E-state index in [9.17, 15) is 4.79 Å². The van der Waals surface area contributed by atoms with Gasteiger partial charge in [0.15, 0.2) is 6.61 Å². The smallest absolute Gasteiger partial charge is 0.260 e. The number of para-hydroxylation sites is 1. The third kappa shape index (κ3) is 4.09. The molecule has 3 aromatic rings. The van der Waals surface area contributed by atoms with Crippen molar-refractivity contribution in [1.29, 1.82) is 0 Å².